The van der Waals surface area contributed by atoms with Gasteiger partial charge in [-0.3, -0.25) is 14.3 Å². The maximum Gasteiger partial charge on any atom is 0.227 e. The van der Waals surface area contributed by atoms with E-state index in [1.807, 2.05) is 24.3 Å². The normalized spacial score (nSPS) is 15.4. The van der Waals surface area contributed by atoms with Gasteiger partial charge in [-0.05, 0) is 31.0 Å². The number of aryl methyl sites for hydroxylation is 1. The number of carbonyl (C=O) groups is 2. The molecule has 1 fully saturated rings. The van der Waals surface area contributed by atoms with Crippen molar-refractivity contribution in [3.05, 3.63) is 41.7 Å². The fraction of sp³-hybridized carbons (Fsp3) is 0.389. The molecule has 1 aliphatic rings. The average molecular weight is 342 g/mol. The monoisotopic (exact) mass is 342 g/mol. The van der Waals surface area contributed by atoms with Crippen molar-refractivity contribution in [2.75, 3.05) is 11.4 Å². The molecule has 2 heterocycles. The molecule has 0 spiro atoms. The topological polar surface area (TPSA) is 87.5 Å². The summed E-state index contributed by atoms with van der Waals surface area (Å²) in [4.78, 5) is 25.9. The standard InChI is InChI=1S/C18H22N4O3/c1-12(18-15(23)11-21(2)20-18)19-16(24)10-13-5-3-6-14(9-13)22-8-4-7-17(22)25/h3,5-6,9,11-12,23H,4,7-8,10H2,1-2H3,(H,19,24). The van der Waals surface area contributed by atoms with Crippen molar-refractivity contribution in [3.8, 4) is 5.75 Å². The number of hydrogen-bond donors (Lipinski definition) is 2. The summed E-state index contributed by atoms with van der Waals surface area (Å²) in [7, 11) is 1.71. The number of hydrogen-bond acceptors (Lipinski definition) is 4. The fourth-order valence-electron chi connectivity index (χ4n) is 3.10. The quantitative estimate of drug-likeness (QED) is 0.865. The molecule has 1 saturated heterocycles. The molecule has 0 aliphatic carbocycles. The summed E-state index contributed by atoms with van der Waals surface area (Å²) in [5.41, 5.74) is 2.11. The molecule has 1 atom stereocenters. The Bertz CT molecular complexity index is 799. The van der Waals surface area contributed by atoms with E-state index in [9.17, 15) is 14.7 Å². The van der Waals surface area contributed by atoms with Crippen molar-refractivity contribution in [2.45, 2.75) is 32.2 Å². The molecule has 0 saturated carbocycles. The number of anilines is 1. The molecule has 3 rings (SSSR count). The first-order valence-corrected chi connectivity index (χ1v) is 8.35. The van der Waals surface area contributed by atoms with Crippen LogP contribution in [0.1, 0.15) is 37.1 Å². The molecular formula is C18H22N4O3. The van der Waals surface area contributed by atoms with Gasteiger partial charge in [-0.1, -0.05) is 12.1 Å². The van der Waals surface area contributed by atoms with Gasteiger partial charge in [0.25, 0.3) is 0 Å². The molecule has 1 unspecified atom stereocenters. The largest absolute Gasteiger partial charge is 0.504 e. The first-order chi connectivity index (χ1) is 11.9. The van der Waals surface area contributed by atoms with Crippen LogP contribution in [0.4, 0.5) is 5.69 Å². The van der Waals surface area contributed by atoms with Gasteiger partial charge < -0.3 is 15.3 Å². The maximum absolute atomic E-state index is 12.3. The Balaban J connectivity index is 1.65. The Labute approximate surface area is 146 Å². The second-order valence-corrected chi connectivity index (χ2v) is 6.36. The molecule has 132 valence electrons. The fourth-order valence-corrected chi connectivity index (χ4v) is 3.10. The minimum atomic E-state index is -0.392. The number of nitrogens with one attached hydrogen (secondary N) is 1. The zero-order valence-corrected chi connectivity index (χ0v) is 14.4. The summed E-state index contributed by atoms with van der Waals surface area (Å²) in [5.74, 6) is 0.0214. The minimum Gasteiger partial charge on any atom is -0.504 e. The van der Waals surface area contributed by atoms with E-state index in [4.69, 9.17) is 0 Å². The zero-order chi connectivity index (χ0) is 18.0. The minimum absolute atomic E-state index is 0.0600. The van der Waals surface area contributed by atoms with Crippen LogP contribution < -0.4 is 10.2 Å². The summed E-state index contributed by atoms with van der Waals surface area (Å²) in [6, 6.07) is 7.10. The van der Waals surface area contributed by atoms with Crippen LogP contribution in [0.15, 0.2) is 30.5 Å². The lowest BCUT2D eigenvalue weighted by Gasteiger charge is -2.17. The third-order valence-electron chi connectivity index (χ3n) is 4.29. The third kappa shape index (κ3) is 3.81. The zero-order valence-electron chi connectivity index (χ0n) is 14.4. The van der Waals surface area contributed by atoms with Gasteiger partial charge in [0, 0.05) is 25.7 Å². The first-order valence-electron chi connectivity index (χ1n) is 8.35. The second-order valence-electron chi connectivity index (χ2n) is 6.36. The van der Waals surface area contributed by atoms with E-state index >= 15 is 0 Å². The van der Waals surface area contributed by atoms with Crippen LogP contribution in [-0.2, 0) is 23.1 Å². The van der Waals surface area contributed by atoms with Gasteiger partial charge in [-0.15, -0.1) is 0 Å². The Hall–Kier alpha value is -2.83. The lowest BCUT2D eigenvalue weighted by molar-refractivity contribution is -0.121. The van der Waals surface area contributed by atoms with Gasteiger partial charge in [0.15, 0.2) is 5.75 Å². The predicted octanol–water partition coefficient (Wildman–Crippen LogP) is 1.67. The molecule has 25 heavy (non-hydrogen) atoms. The van der Waals surface area contributed by atoms with E-state index < -0.39 is 6.04 Å². The lowest BCUT2D eigenvalue weighted by Crippen LogP contribution is -2.28. The van der Waals surface area contributed by atoms with Crippen molar-refractivity contribution in [2.24, 2.45) is 7.05 Å². The average Bonchev–Trinajstić information content (AvgIpc) is 3.12. The molecule has 7 nitrogen and oxygen atoms in total. The van der Waals surface area contributed by atoms with Crippen LogP contribution in [0.5, 0.6) is 5.75 Å². The van der Waals surface area contributed by atoms with E-state index in [0.29, 0.717) is 12.1 Å². The highest BCUT2D eigenvalue weighted by Gasteiger charge is 2.22. The number of aromatic nitrogens is 2. The van der Waals surface area contributed by atoms with Gasteiger partial charge in [-0.2, -0.15) is 5.10 Å². The Morgan fingerprint density at radius 1 is 1.44 bits per heavy atom. The van der Waals surface area contributed by atoms with Crippen molar-refractivity contribution in [1.82, 2.24) is 15.1 Å². The van der Waals surface area contributed by atoms with Gasteiger partial charge in [0.05, 0.1) is 18.7 Å². The molecule has 1 aliphatic heterocycles. The third-order valence-corrected chi connectivity index (χ3v) is 4.29. The molecule has 2 N–H and O–H groups in total. The molecule has 7 heteroatoms. The number of rotatable bonds is 5. The van der Waals surface area contributed by atoms with Crippen molar-refractivity contribution in [3.63, 3.8) is 0 Å². The summed E-state index contributed by atoms with van der Waals surface area (Å²) in [6.07, 6.45) is 3.15. The summed E-state index contributed by atoms with van der Waals surface area (Å²) in [5, 5.41) is 16.8. The number of amides is 2. The van der Waals surface area contributed by atoms with Crippen LogP contribution in [-0.4, -0.2) is 33.2 Å². The highest BCUT2D eigenvalue weighted by molar-refractivity contribution is 5.95. The number of carbonyl (C=O) groups excluding carboxylic acids is 2. The molecule has 1 aromatic heterocycles. The Kier molecular flexibility index (Phi) is 4.74. The number of aromatic hydroxyl groups is 1. The van der Waals surface area contributed by atoms with Gasteiger partial charge in [0.1, 0.15) is 5.69 Å². The SMILES string of the molecule is CC(NC(=O)Cc1cccc(N2CCCC2=O)c1)c1nn(C)cc1O. The van der Waals surface area contributed by atoms with Crippen molar-refractivity contribution in [1.29, 1.82) is 0 Å². The molecule has 2 aromatic rings. The molecular weight excluding hydrogens is 320 g/mol. The van der Waals surface area contributed by atoms with E-state index in [1.165, 1.54) is 10.9 Å². The number of benzene rings is 1. The molecule has 0 radical (unpaired) electrons. The molecule has 1 aromatic carbocycles. The van der Waals surface area contributed by atoms with E-state index in [-0.39, 0.29) is 24.0 Å². The highest BCUT2D eigenvalue weighted by Crippen LogP contribution is 2.23. The van der Waals surface area contributed by atoms with E-state index in [2.05, 4.69) is 10.4 Å². The first kappa shape index (κ1) is 17.0. The Morgan fingerprint density at radius 2 is 2.24 bits per heavy atom. The maximum atomic E-state index is 12.3. The van der Waals surface area contributed by atoms with E-state index in [1.54, 1.807) is 18.9 Å². The highest BCUT2D eigenvalue weighted by atomic mass is 16.3. The van der Waals surface area contributed by atoms with E-state index in [0.717, 1.165) is 24.2 Å². The Morgan fingerprint density at radius 3 is 2.88 bits per heavy atom. The van der Waals surface area contributed by atoms with Crippen LogP contribution in [0.3, 0.4) is 0 Å². The summed E-state index contributed by atoms with van der Waals surface area (Å²) in [6.45, 7) is 2.50. The van der Waals surface area contributed by atoms with Gasteiger partial charge >= 0.3 is 0 Å². The van der Waals surface area contributed by atoms with Crippen molar-refractivity contribution >= 4 is 17.5 Å². The van der Waals surface area contributed by atoms with Crippen LogP contribution in [0.25, 0.3) is 0 Å². The lowest BCUT2D eigenvalue weighted by atomic mass is 10.1. The number of nitrogens with zero attached hydrogens (tertiary/aromatic N) is 3. The van der Waals surface area contributed by atoms with Crippen LogP contribution in [0, 0.1) is 0 Å². The predicted molar refractivity (Wildman–Crippen MR) is 93.2 cm³/mol. The molecule has 2 amide bonds. The van der Waals surface area contributed by atoms with Crippen molar-refractivity contribution < 1.29 is 14.7 Å². The van der Waals surface area contributed by atoms with Gasteiger partial charge in [0.2, 0.25) is 11.8 Å². The second kappa shape index (κ2) is 6.96. The van der Waals surface area contributed by atoms with Crippen LogP contribution in [0.2, 0.25) is 0 Å². The summed E-state index contributed by atoms with van der Waals surface area (Å²) >= 11 is 0. The van der Waals surface area contributed by atoms with Gasteiger partial charge in [-0.25, -0.2) is 0 Å². The smallest absolute Gasteiger partial charge is 0.227 e. The molecule has 0 bridgehead atoms. The van der Waals surface area contributed by atoms with Crippen LogP contribution >= 0.6 is 0 Å². The summed E-state index contributed by atoms with van der Waals surface area (Å²) < 4.78 is 1.50.